The molecule has 0 aliphatic rings. The first-order valence-electron chi connectivity index (χ1n) is 5.74. The third-order valence-corrected chi connectivity index (χ3v) is 3.04. The highest BCUT2D eigenvalue weighted by molar-refractivity contribution is 6.18. The van der Waals surface area contributed by atoms with Crippen LogP contribution in [-0.2, 0) is 9.53 Å². The smallest absolute Gasteiger partial charge is 0.312 e. The number of carbonyl (C=O) groups excluding carboxylic acids is 1. The van der Waals surface area contributed by atoms with Crippen LogP contribution in [0.3, 0.4) is 0 Å². The van der Waals surface area contributed by atoms with Crippen molar-refractivity contribution >= 4 is 23.3 Å². The SMILES string of the molecule is COC(=O)C(C)c1ccc(NCC(O)CCl)cc1. The summed E-state index contributed by atoms with van der Waals surface area (Å²) in [5.74, 6) is -0.337. The Morgan fingerprint density at radius 3 is 2.56 bits per heavy atom. The molecule has 1 rings (SSSR count). The average Bonchev–Trinajstić information content (AvgIpc) is 2.43. The standard InChI is InChI=1S/C13H18ClNO3/c1-9(13(17)18-2)10-3-5-11(6-4-10)15-8-12(16)7-14/h3-6,9,12,15-16H,7-8H2,1-2H3. The lowest BCUT2D eigenvalue weighted by atomic mass is 10.0. The van der Waals surface area contributed by atoms with E-state index in [9.17, 15) is 9.90 Å². The molecule has 0 saturated heterocycles. The number of aliphatic hydroxyl groups excluding tert-OH is 1. The van der Waals surface area contributed by atoms with E-state index in [0.29, 0.717) is 6.54 Å². The van der Waals surface area contributed by atoms with E-state index in [1.165, 1.54) is 7.11 Å². The molecule has 0 fully saturated rings. The normalized spacial score (nSPS) is 13.8. The Bertz CT molecular complexity index is 380. The highest BCUT2D eigenvalue weighted by atomic mass is 35.5. The maximum Gasteiger partial charge on any atom is 0.312 e. The van der Waals surface area contributed by atoms with E-state index >= 15 is 0 Å². The number of ether oxygens (including phenoxy) is 1. The number of aliphatic hydroxyl groups is 1. The third-order valence-electron chi connectivity index (χ3n) is 2.69. The van der Waals surface area contributed by atoms with Gasteiger partial charge in [-0.25, -0.2) is 0 Å². The third kappa shape index (κ3) is 4.20. The van der Waals surface area contributed by atoms with Gasteiger partial charge in [0.2, 0.25) is 0 Å². The quantitative estimate of drug-likeness (QED) is 0.614. The molecular weight excluding hydrogens is 254 g/mol. The van der Waals surface area contributed by atoms with Crippen LogP contribution in [0.5, 0.6) is 0 Å². The Labute approximate surface area is 112 Å². The lowest BCUT2D eigenvalue weighted by Gasteiger charge is -2.12. The fraction of sp³-hybridized carbons (Fsp3) is 0.462. The summed E-state index contributed by atoms with van der Waals surface area (Å²) < 4.78 is 4.69. The predicted octanol–water partition coefficient (Wildman–Crippen LogP) is 1.97. The highest BCUT2D eigenvalue weighted by Crippen LogP contribution is 2.19. The van der Waals surface area contributed by atoms with Gasteiger partial charge in [0.15, 0.2) is 0 Å². The number of nitrogens with one attached hydrogen (secondary N) is 1. The van der Waals surface area contributed by atoms with Crippen molar-refractivity contribution in [1.29, 1.82) is 0 Å². The Hall–Kier alpha value is -1.26. The summed E-state index contributed by atoms with van der Waals surface area (Å²) in [5, 5.41) is 12.4. The fourth-order valence-electron chi connectivity index (χ4n) is 1.49. The molecule has 1 aromatic rings. The highest BCUT2D eigenvalue weighted by Gasteiger charge is 2.15. The molecule has 0 spiro atoms. The van der Waals surface area contributed by atoms with Crippen molar-refractivity contribution in [2.75, 3.05) is 24.9 Å². The van der Waals surface area contributed by atoms with E-state index in [0.717, 1.165) is 11.3 Å². The number of methoxy groups -OCH3 is 1. The number of hydrogen-bond acceptors (Lipinski definition) is 4. The number of rotatable bonds is 6. The second-order valence-electron chi connectivity index (χ2n) is 4.06. The van der Waals surface area contributed by atoms with Crippen LogP contribution in [-0.4, -0.2) is 36.7 Å². The van der Waals surface area contributed by atoms with Crippen molar-refractivity contribution in [3.63, 3.8) is 0 Å². The second kappa shape index (κ2) is 7.24. The van der Waals surface area contributed by atoms with Gasteiger partial charge < -0.3 is 15.2 Å². The largest absolute Gasteiger partial charge is 0.469 e. The zero-order valence-electron chi connectivity index (χ0n) is 10.5. The number of hydrogen-bond donors (Lipinski definition) is 2. The fourth-order valence-corrected chi connectivity index (χ4v) is 1.60. The maximum atomic E-state index is 11.4. The molecule has 0 saturated carbocycles. The van der Waals surface area contributed by atoms with E-state index in [-0.39, 0.29) is 17.8 Å². The number of esters is 1. The summed E-state index contributed by atoms with van der Waals surface area (Å²) in [4.78, 5) is 11.4. The monoisotopic (exact) mass is 271 g/mol. The van der Waals surface area contributed by atoms with Crippen molar-refractivity contribution in [2.24, 2.45) is 0 Å². The summed E-state index contributed by atoms with van der Waals surface area (Å²) in [6, 6.07) is 7.43. The lowest BCUT2D eigenvalue weighted by molar-refractivity contribution is -0.141. The van der Waals surface area contributed by atoms with Gasteiger partial charge in [0.1, 0.15) is 0 Å². The van der Waals surface area contributed by atoms with Crippen molar-refractivity contribution in [3.05, 3.63) is 29.8 Å². The van der Waals surface area contributed by atoms with Gasteiger partial charge in [0.25, 0.3) is 0 Å². The van der Waals surface area contributed by atoms with Crippen LogP contribution < -0.4 is 5.32 Å². The van der Waals surface area contributed by atoms with Crippen molar-refractivity contribution < 1.29 is 14.6 Å². The van der Waals surface area contributed by atoms with Gasteiger partial charge in [-0.15, -0.1) is 11.6 Å². The number of carbonyl (C=O) groups is 1. The Balaban J connectivity index is 2.60. The van der Waals surface area contributed by atoms with Crippen LogP contribution in [0.25, 0.3) is 0 Å². The molecule has 1 aromatic carbocycles. The van der Waals surface area contributed by atoms with Crippen molar-refractivity contribution in [2.45, 2.75) is 18.9 Å². The molecule has 0 aromatic heterocycles. The van der Waals surface area contributed by atoms with E-state index in [1.54, 1.807) is 6.92 Å². The predicted molar refractivity (Wildman–Crippen MR) is 72.1 cm³/mol. The number of benzene rings is 1. The van der Waals surface area contributed by atoms with Gasteiger partial charge in [-0.1, -0.05) is 12.1 Å². The van der Waals surface area contributed by atoms with Crippen molar-refractivity contribution in [3.8, 4) is 0 Å². The maximum absolute atomic E-state index is 11.4. The molecule has 2 unspecified atom stereocenters. The molecule has 2 atom stereocenters. The van der Waals surface area contributed by atoms with Crippen LogP contribution in [0.1, 0.15) is 18.4 Å². The minimum Gasteiger partial charge on any atom is -0.469 e. The molecule has 100 valence electrons. The lowest BCUT2D eigenvalue weighted by Crippen LogP contribution is -2.20. The van der Waals surface area contributed by atoms with Crippen LogP contribution in [0, 0.1) is 0 Å². The summed E-state index contributed by atoms with van der Waals surface area (Å²) in [6.07, 6.45) is -0.569. The van der Waals surface area contributed by atoms with Gasteiger partial charge in [-0.05, 0) is 24.6 Å². The Kier molecular flexibility index (Phi) is 5.95. The van der Waals surface area contributed by atoms with Gasteiger partial charge in [-0.2, -0.15) is 0 Å². The topological polar surface area (TPSA) is 58.6 Å². The van der Waals surface area contributed by atoms with Crippen LogP contribution in [0.4, 0.5) is 5.69 Å². The van der Waals surface area contributed by atoms with E-state index in [2.05, 4.69) is 10.1 Å². The van der Waals surface area contributed by atoms with E-state index in [4.69, 9.17) is 11.6 Å². The summed E-state index contributed by atoms with van der Waals surface area (Å²) in [6.45, 7) is 2.20. The molecule has 0 radical (unpaired) electrons. The van der Waals surface area contributed by atoms with Gasteiger partial charge in [-0.3, -0.25) is 4.79 Å². The summed E-state index contributed by atoms with van der Waals surface area (Å²) >= 11 is 5.49. The van der Waals surface area contributed by atoms with E-state index < -0.39 is 6.10 Å². The van der Waals surface area contributed by atoms with Crippen LogP contribution in [0.15, 0.2) is 24.3 Å². The minimum absolute atomic E-state index is 0.199. The number of alkyl halides is 1. The molecule has 0 heterocycles. The summed E-state index contributed by atoms with van der Waals surface area (Å²) in [5.41, 5.74) is 1.77. The Morgan fingerprint density at radius 2 is 2.06 bits per heavy atom. The molecule has 4 nitrogen and oxygen atoms in total. The molecule has 0 aliphatic heterocycles. The van der Waals surface area contributed by atoms with Gasteiger partial charge in [0.05, 0.1) is 25.0 Å². The first kappa shape index (κ1) is 14.8. The van der Waals surface area contributed by atoms with Gasteiger partial charge in [0, 0.05) is 12.2 Å². The number of halogens is 1. The first-order chi connectivity index (χ1) is 8.58. The molecule has 0 aliphatic carbocycles. The molecular formula is C13H18ClNO3. The van der Waals surface area contributed by atoms with Crippen LogP contribution in [0.2, 0.25) is 0 Å². The second-order valence-corrected chi connectivity index (χ2v) is 4.36. The zero-order valence-corrected chi connectivity index (χ0v) is 11.3. The van der Waals surface area contributed by atoms with Crippen molar-refractivity contribution in [1.82, 2.24) is 0 Å². The average molecular weight is 272 g/mol. The molecule has 5 heteroatoms. The van der Waals surface area contributed by atoms with E-state index in [1.807, 2.05) is 24.3 Å². The van der Waals surface area contributed by atoms with Crippen LogP contribution >= 0.6 is 11.6 Å². The molecule has 0 amide bonds. The molecule has 2 N–H and O–H groups in total. The Morgan fingerprint density at radius 1 is 1.44 bits per heavy atom. The molecule has 0 bridgehead atoms. The molecule has 18 heavy (non-hydrogen) atoms. The number of anilines is 1. The van der Waals surface area contributed by atoms with Gasteiger partial charge >= 0.3 is 5.97 Å². The first-order valence-corrected chi connectivity index (χ1v) is 6.27. The summed E-state index contributed by atoms with van der Waals surface area (Å²) in [7, 11) is 1.38. The zero-order chi connectivity index (χ0) is 13.5. The minimum atomic E-state index is -0.569.